The van der Waals surface area contributed by atoms with Crippen molar-refractivity contribution < 1.29 is 29.3 Å². The lowest BCUT2D eigenvalue weighted by Crippen LogP contribution is -2.57. The molecule has 0 aliphatic carbocycles. The van der Waals surface area contributed by atoms with Crippen molar-refractivity contribution in [2.75, 3.05) is 13.7 Å². The van der Waals surface area contributed by atoms with Crippen LogP contribution in [0.15, 0.2) is 29.3 Å². The van der Waals surface area contributed by atoms with E-state index in [1.54, 1.807) is 26.0 Å². The van der Waals surface area contributed by atoms with Gasteiger partial charge < -0.3 is 31.9 Å². The van der Waals surface area contributed by atoms with Crippen LogP contribution in [0.5, 0.6) is 5.75 Å². The summed E-state index contributed by atoms with van der Waals surface area (Å²) in [6.45, 7) is 3.51. The molecule has 8 N–H and O–H groups in total. The second kappa shape index (κ2) is 14.2. The van der Waals surface area contributed by atoms with Gasteiger partial charge in [-0.15, -0.1) is 5.43 Å². The number of rotatable bonds is 14. The lowest BCUT2D eigenvalue weighted by molar-refractivity contribution is -0.548. The van der Waals surface area contributed by atoms with E-state index < -0.39 is 46.9 Å². The largest absolute Gasteiger partial charge is 0.508 e. The van der Waals surface area contributed by atoms with Gasteiger partial charge in [0.2, 0.25) is 11.8 Å². The summed E-state index contributed by atoms with van der Waals surface area (Å²) in [5.41, 5.74) is 13.1. The summed E-state index contributed by atoms with van der Waals surface area (Å²) < 4.78 is 4.78. The molecule has 1 aromatic carbocycles. The van der Waals surface area contributed by atoms with Gasteiger partial charge in [0, 0.05) is 13.0 Å². The highest BCUT2D eigenvalue weighted by Gasteiger charge is 2.32. The second-order valence-electron chi connectivity index (χ2n) is 8.07. The molecule has 0 heterocycles. The van der Waals surface area contributed by atoms with Gasteiger partial charge in [0.25, 0.3) is 0 Å². The van der Waals surface area contributed by atoms with Crippen LogP contribution in [0.2, 0.25) is 0 Å². The number of nitro groups is 1. The Morgan fingerprint density at radius 1 is 1.11 bits per heavy atom. The molecule has 35 heavy (non-hydrogen) atoms. The Kier molecular flexibility index (Phi) is 11.8. The molecular weight excluding hydrogens is 462 g/mol. The third-order valence-electron chi connectivity index (χ3n) is 4.95. The molecule has 0 aliphatic rings. The molecule has 0 aromatic heterocycles. The predicted molar refractivity (Wildman–Crippen MR) is 126 cm³/mol. The van der Waals surface area contributed by atoms with Gasteiger partial charge in [-0.25, -0.2) is 14.9 Å². The minimum absolute atomic E-state index is 0.0294. The monoisotopic (exact) mass is 495 g/mol. The number of hydrogen-bond donors (Lipinski definition) is 6. The summed E-state index contributed by atoms with van der Waals surface area (Å²) in [6.07, 6.45) is 0.377. The van der Waals surface area contributed by atoms with E-state index in [0.29, 0.717) is 5.56 Å². The van der Waals surface area contributed by atoms with Gasteiger partial charge in [-0.2, -0.15) is 0 Å². The van der Waals surface area contributed by atoms with Gasteiger partial charge in [0.15, 0.2) is 17.0 Å². The van der Waals surface area contributed by atoms with Crippen LogP contribution in [0.1, 0.15) is 32.3 Å². The van der Waals surface area contributed by atoms with Gasteiger partial charge in [0.1, 0.15) is 17.8 Å². The molecule has 3 unspecified atom stereocenters. The van der Waals surface area contributed by atoms with Crippen molar-refractivity contribution in [1.82, 2.24) is 16.1 Å². The zero-order valence-electron chi connectivity index (χ0n) is 19.9. The Morgan fingerprint density at radius 3 is 2.26 bits per heavy atom. The van der Waals surface area contributed by atoms with Crippen molar-refractivity contribution in [3.05, 3.63) is 39.9 Å². The van der Waals surface area contributed by atoms with E-state index in [9.17, 15) is 29.6 Å². The number of nitrogens with two attached hydrogens (primary N) is 2. The normalized spacial score (nSPS) is 13.1. The highest BCUT2D eigenvalue weighted by Crippen LogP contribution is 2.13. The highest BCUT2D eigenvalue weighted by molar-refractivity contribution is 5.92. The minimum Gasteiger partial charge on any atom is -0.508 e. The molecule has 2 amide bonds. The fourth-order valence-electron chi connectivity index (χ4n) is 3.14. The van der Waals surface area contributed by atoms with Gasteiger partial charge in [-0.05, 0) is 36.5 Å². The maximum Gasteiger partial charge on any atom is 0.328 e. The van der Waals surface area contributed by atoms with Crippen molar-refractivity contribution in [2.45, 2.75) is 51.2 Å². The predicted octanol–water partition coefficient (Wildman–Crippen LogP) is -1.06. The smallest absolute Gasteiger partial charge is 0.328 e. The minimum atomic E-state index is -1.25. The number of benzene rings is 1. The molecule has 0 aliphatic heterocycles. The van der Waals surface area contributed by atoms with Crippen LogP contribution in [0, 0.1) is 16.0 Å². The fraction of sp³-hybridized carbons (Fsp3) is 0.524. The van der Waals surface area contributed by atoms with Gasteiger partial charge in [-0.3, -0.25) is 14.6 Å². The fourth-order valence-corrected chi connectivity index (χ4v) is 3.14. The van der Waals surface area contributed by atoms with Crippen LogP contribution in [-0.4, -0.2) is 65.7 Å². The van der Waals surface area contributed by atoms with Crippen LogP contribution >= 0.6 is 0 Å². The number of aliphatic imine (C=N–C) groups is 1. The Morgan fingerprint density at radius 2 is 1.74 bits per heavy atom. The van der Waals surface area contributed by atoms with Gasteiger partial charge in [-0.1, -0.05) is 26.0 Å². The summed E-state index contributed by atoms with van der Waals surface area (Å²) in [7, 11) is 1.18. The average molecular weight is 496 g/mol. The number of esters is 1. The molecule has 0 fully saturated rings. The number of phenolic OH excluding ortho intramolecular Hbond substituents is 1. The Balaban J connectivity index is 2.94. The average Bonchev–Trinajstić information content (AvgIpc) is 2.78. The van der Waals surface area contributed by atoms with Crippen molar-refractivity contribution in [2.24, 2.45) is 22.4 Å². The van der Waals surface area contributed by atoms with E-state index in [-0.39, 0.29) is 37.5 Å². The number of ether oxygens (including phenoxy) is 1. The number of nitrogens with zero attached hydrogens (tertiary/aromatic N) is 2. The number of hydrogen-bond acceptors (Lipinski definition) is 8. The van der Waals surface area contributed by atoms with Crippen LogP contribution in [0.25, 0.3) is 0 Å². The zero-order chi connectivity index (χ0) is 26.5. The lowest BCUT2D eigenvalue weighted by Gasteiger charge is -2.26. The third-order valence-corrected chi connectivity index (χ3v) is 4.95. The maximum absolute atomic E-state index is 13.0. The number of phenols is 1. The van der Waals surface area contributed by atoms with Gasteiger partial charge >= 0.3 is 5.97 Å². The zero-order valence-corrected chi connectivity index (χ0v) is 19.9. The first kappa shape index (κ1) is 28.9. The molecule has 0 radical (unpaired) electrons. The molecule has 3 atom stereocenters. The van der Waals surface area contributed by atoms with Crippen molar-refractivity contribution in [3.8, 4) is 5.75 Å². The molecule has 14 heteroatoms. The Hall–Kier alpha value is -4.10. The Labute approximate surface area is 202 Å². The Bertz CT molecular complexity index is 902. The van der Waals surface area contributed by atoms with Crippen molar-refractivity contribution in [3.63, 3.8) is 0 Å². The number of carbonyl (C=O) groups is 3. The summed E-state index contributed by atoms with van der Waals surface area (Å²) in [6, 6.07) is 2.66. The maximum atomic E-state index is 13.0. The number of carbonyl (C=O) groups excluding carboxylic acids is 3. The summed E-state index contributed by atoms with van der Waals surface area (Å²) in [5, 5.41) is 24.6. The van der Waals surface area contributed by atoms with Crippen molar-refractivity contribution in [1.29, 1.82) is 0 Å². The number of aromatic hydroxyl groups is 1. The lowest BCUT2D eigenvalue weighted by atomic mass is 10.0. The number of amides is 2. The number of hydrazine groups is 1. The second-order valence-corrected chi connectivity index (χ2v) is 8.07. The quantitative estimate of drug-likeness (QED) is 0.0458. The summed E-state index contributed by atoms with van der Waals surface area (Å²) >= 11 is 0. The summed E-state index contributed by atoms with van der Waals surface area (Å²) in [4.78, 5) is 52.8. The van der Waals surface area contributed by atoms with E-state index in [1.807, 2.05) is 5.43 Å². The van der Waals surface area contributed by atoms with E-state index >= 15 is 0 Å². The van der Waals surface area contributed by atoms with E-state index in [1.165, 1.54) is 19.2 Å². The van der Waals surface area contributed by atoms with Crippen LogP contribution < -0.4 is 27.5 Å². The number of methoxy groups -OCH3 is 1. The number of nitrogens with one attached hydrogen (secondary N) is 3. The first-order valence-electron chi connectivity index (χ1n) is 10.9. The van der Waals surface area contributed by atoms with Crippen LogP contribution in [0.3, 0.4) is 0 Å². The topological polar surface area (TPSA) is 224 Å². The first-order valence-corrected chi connectivity index (χ1v) is 10.9. The van der Waals surface area contributed by atoms with E-state index in [2.05, 4.69) is 15.6 Å². The third kappa shape index (κ3) is 10.6. The first-order chi connectivity index (χ1) is 16.4. The van der Waals surface area contributed by atoms with Crippen molar-refractivity contribution >= 4 is 23.7 Å². The van der Waals surface area contributed by atoms with Crippen LogP contribution in [-0.2, 0) is 25.5 Å². The molecule has 1 rings (SSSR count). The molecule has 0 bridgehead atoms. The molecule has 1 aromatic rings. The molecule has 0 spiro atoms. The molecular formula is C21H33N7O7. The SMILES string of the molecule is COC(=O)C(Cc1ccc(O)cc1)NC(=O)C(NC(=O)C(CCCN=C(N)N)N[N+](=O)[O-])C(C)C. The molecule has 14 nitrogen and oxygen atoms in total. The van der Waals surface area contributed by atoms with E-state index in [0.717, 1.165) is 0 Å². The van der Waals surface area contributed by atoms with E-state index in [4.69, 9.17) is 16.2 Å². The molecule has 0 saturated carbocycles. The molecule has 0 saturated heterocycles. The highest BCUT2D eigenvalue weighted by atomic mass is 16.7. The van der Waals surface area contributed by atoms with Gasteiger partial charge in [0.05, 0.1) is 7.11 Å². The standard InChI is InChI=1S/C21H33N7O7/c1-12(2)17(26-18(30)15(27-28(33)34)5-4-10-24-21(22)23)19(31)25-16(20(32)35-3)11-13-6-8-14(29)9-7-13/h6-9,12,15-17,27,29H,4-5,10-11H2,1-3H3,(H,25,31)(H,26,30)(H4,22,23,24). The summed E-state index contributed by atoms with van der Waals surface area (Å²) in [5.74, 6) is -2.64. The van der Waals surface area contributed by atoms with Crippen LogP contribution in [0.4, 0.5) is 0 Å². The molecule has 194 valence electrons. The number of guanidine groups is 1.